The summed E-state index contributed by atoms with van der Waals surface area (Å²) in [6, 6.07) is -0.536. The number of aliphatic hydroxyl groups is 2. The largest absolute Gasteiger partial charge is 0.466 e. The van der Waals surface area contributed by atoms with E-state index < -0.39 is 12.1 Å². The summed E-state index contributed by atoms with van der Waals surface area (Å²) >= 11 is 0. The van der Waals surface area contributed by atoms with Gasteiger partial charge in [-0.25, -0.2) is 0 Å². The number of aliphatic hydroxyl groups excluding tert-OH is 2. The quantitative estimate of drug-likeness (QED) is 0.0417. The predicted molar refractivity (Wildman–Crippen MR) is 389 cm³/mol. The van der Waals surface area contributed by atoms with Crippen molar-refractivity contribution in [1.82, 2.24) is 5.32 Å². The van der Waals surface area contributed by atoms with Crippen molar-refractivity contribution in [2.24, 2.45) is 0 Å². The van der Waals surface area contributed by atoms with Crippen LogP contribution in [0.4, 0.5) is 0 Å². The molecular weight excluding hydrogens is 1080 g/mol. The lowest BCUT2D eigenvalue weighted by molar-refractivity contribution is -0.143. The second kappa shape index (κ2) is 78.3. The fraction of sp³-hybridized carbons (Fsp3) is 0.976. The van der Waals surface area contributed by atoms with Gasteiger partial charge in [0.1, 0.15) is 0 Å². The molecule has 0 saturated heterocycles. The monoisotopic (exact) mass is 1240 g/mol. The summed E-state index contributed by atoms with van der Waals surface area (Å²) in [6.07, 6.45) is 98.0. The Labute approximate surface area is 553 Å². The summed E-state index contributed by atoms with van der Waals surface area (Å²) in [5.74, 6) is 0.00326. The van der Waals surface area contributed by atoms with Gasteiger partial charge >= 0.3 is 5.97 Å². The van der Waals surface area contributed by atoms with E-state index in [1.165, 1.54) is 417 Å². The van der Waals surface area contributed by atoms with Crippen LogP contribution in [0, 0.1) is 0 Å². The normalized spacial score (nSPS) is 12.4. The van der Waals surface area contributed by atoms with Crippen molar-refractivity contribution < 1.29 is 24.5 Å². The molecule has 0 aromatic rings. The van der Waals surface area contributed by atoms with Gasteiger partial charge in [-0.05, 0) is 25.7 Å². The van der Waals surface area contributed by atoms with Gasteiger partial charge in [0.05, 0.1) is 25.4 Å². The molecule has 526 valence electrons. The number of hydrogen-bond donors (Lipinski definition) is 3. The van der Waals surface area contributed by atoms with E-state index in [-0.39, 0.29) is 18.5 Å². The molecule has 0 bridgehead atoms. The molecule has 6 heteroatoms. The van der Waals surface area contributed by atoms with Crippen molar-refractivity contribution >= 4 is 11.9 Å². The Morgan fingerprint density at radius 2 is 0.466 bits per heavy atom. The molecular formula is C82H163NO5. The molecule has 0 spiro atoms. The third-order valence-electron chi connectivity index (χ3n) is 19.9. The molecule has 0 aliphatic heterocycles. The predicted octanol–water partition coefficient (Wildman–Crippen LogP) is 27.3. The number of carbonyl (C=O) groups is 2. The van der Waals surface area contributed by atoms with Crippen molar-refractivity contribution in [3.63, 3.8) is 0 Å². The smallest absolute Gasteiger partial charge is 0.305 e. The van der Waals surface area contributed by atoms with E-state index in [2.05, 4.69) is 19.2 Å². The molecule has 88 heavy (non-hydrogen) atoms. The highest BCUT2D eigenvalue weighted by atomic mass is 16.5. The Morgan fingerprint density at radius 3 is 0.693 bits per heavy atom. The van der Waals surface area contributed by atoms with Gasteiger partial charge in [-0.1, -0.05) is 450 Å². The molecule has 0 rings (SSSR count). The lowest BCUT2D eigenvalue weighted by Crippen LogP contribution is -2.45. The maximum Gasteiger partial charge on any atom is 0.305 e. The van der Waals surface area contributed by atoms with Gasteiger partial charge < -0.3 is 20.3 Å². The van der Waals surface area contributed by atoms with Crippen LogP contribution in [0.15, 0.2) is 0 Å². The number of hydrogen-bond acceptors (Lipinski definition) is 5. The van der Waals surface area contributed by atoms with E-state index in [0.717, 1.165) is 38.5 Å². The van der Waals surface area contributed by atoms with E-state index in [4.69, 9.17) is 4.74 Å². The van der Waals surface area contributed by atoms with Crippen LogP contribution in [-0.2, 0) is 14.3 Å². The summed E-state index contributed by atoms with van der Waals surface area (Å²) in [7, 11) is 0. The molecule has 0 aromatic heterocycles. The van der Waals surface area contributed by atoms with Crippen LogP contribution in [-0.4, -0.2) is 47.4 Å². The van der Waals surface area contributed by atoms with Gasteiger partial charge in [0.25, 0.3) is 0 Å². The van der Waals surface area contributed by atoms with E-state index in [1.807, 2.05) is 0 Å². The van der Waals surface area contributed by atoms with Crippen molar-refractivity contribution in [3.8, 4) is 0 Å². The molecule has 0 aliphatic carbocycles. The molecule has 0 aliphatic rings. The van der Waals surface area contributed by atoms with Crippen molar-refractivity contribution in [3.05, 3.63) is 0 Å². The molecule has 0 aromatic carbocycles. The first-order valence-electron chi connectivity index (χ1n) is 41.3. The third kappa shape index (κ3) is 73.9. The van der Waals surface area contributed by atoms with Crippen LogP contribution < -0.4 is 5.32 Å². The number of unbranched alkanes of at least 4 members (excludes halogenated alkanes) is 68. The van der Waals surface area contributed by atoms with Crippen LogP contribution in [0.5, 0.6) is 0 Å². The lowest BCUT2D eigenvalue weighted by atomic mass is 10.0. The average molecular weight is 1240 g/mol. The minimum atomic E-state index is -0.660. The summed E-state index contributed by atoms with van der Waals surface area (Å²) < 4.78 is 5.49. The van der Waals surface area contributed by atoms with Crippen molar-refractivity contribution in [1.29, 1.82) is 0 Å². The first kappa shape index (κ1) is 86.9. The van der Waals surface area contributed by atoms with E-state index in [0.29, 0.717) is 25.9 Å². The number of nitrogens with one attached hydrogen (secondary N) is 1. The number of rotatable bonds is 79. The van der Waals surface area contributed by atoms with E-state index in [9.17, 15) is 19.8 Å². The first-order valence-corrected chi connectivity index (χ1v) is 41.3. The average Bonchev–Trinajstić information content (AvgIpc) is 3.55. The minimum Gasteiger partial charge on any atom is -0.466 e. The van der Waals surface area contributed by atoms with Crippen LogP contribution in [0.1, 0.15) is 489 Å². The van der Waals surface area contributed by atoms with Crippen LogP contribution in [0.3, 0.4) is 0 Å². The zero-order valence-electron chi connectivity index (χ0n) is 60.5. The Morgan fingerprint density at radius 1 is 0.273 bits per heavy atom. The molecule has 0 saturated carbocycles. The molecule has 6 nitrogen and oxygen atoms in total. The zero-order chi connectivity index (χ0) is 63.5. The highest BCUT2D eigenvalue weighted by Gasteiger charge is 2.20. The molecule has 0 fully saturated rings. The van der Waals surface area contributed by atoms with Crippen LogP contribution in [0.2, 0.25) is 0 Å². The van der Waals surface area contributed by atoms with Crippen molar-refractivity contribution in [2.75, 3.05) is 13.2 Å². The number of ether oxygens (including phenoxy) is 1. The second-order valence-corrected chi connectivity index (χ2v) is 28.8. The highest BCUT2D eigenvalue weighted by Crippen LogP contribution is 2.21. The third-order valence-corrected chi connectivity index (χ3v) is 19.9. The zero-order valence-corrected chi connectivity index (χ0v) is 60.5. The fourth-order valence-electron chi connectivity index (χ4n) is 13.6. The molecule has 0 radical (unpaired) electrons. The first-order chi connectivity index (χ1) is 43.5. The van der Waals surface area contributed by atoms with Gasteiger partial charge in [0.2, 0.25) is 5.91 Å². The molecule has 0 heterocycles. The summed E-state index contributed by atoms with van der Waals surface area (Å²) in [5.41, 5.74) is 0. The van der Waals surface area contributed by atoms with E-state index in [1.54, 1.807) is 0 Å². The van der Waals surface area contributed by atoms with Gasteiger partial charge in [-0.2, -0.15) is 0 Å². The molecule has 3 N–H and O–H groups in total. The maximum absolute atomic E-state index is 12.6. The maximum atomic E-state index is 12.6. The minimum absolute atomic E-state index is 0.0228. The molecule has 2 atom stereocenters. The summed E-state index contributed by atoms with van der Waals surface area (Å²) in [5, 5.41) is 23.5. The van der Waals surface area contributed by atoms with Crippen LogP contribution in [0.25, 0.3) is 0 Å². The Kier molecular flexibility index (Phi) is 77.3. The standard InChI is InChI=1S/C82H163NO5/c1-3-5-7-9-11-13-15-17-18-19-20-42-45-48-51-54-58-62-66-70-74-80(85)79(78-84)83-81(86)75-71-67-63-59-55-52-49-46-43-40-38-36-34-32-30-28-26-24-22-21-23-25-27-29-31-33-35-37-39-41-44-47-50-53-57-61-65-69-73-77-88-82(87)76-72-68-64-60-56-16-14-12-10-8-6-4-2/h79-80,84-85H,3-78H2,1-2H3,(H,83,86). The SMILES string of the molecule is CCCCCCCCCCCCCCCCCCCCCCC(O)C(CO)NC(=O)CCCCCCCCCCCCCCCCCCCCCCCCCCCCCCCCCCCCCCCCCOC(=O)CCCCCCCCCCCCCC. The Balaban J connectivity index is 3.29. The lowest BCUT2D eigenvalue weighted by Gasteiger charge is -2.22. The molecule has 1 amide bonds. The topological polar surface area (TPSA) is 95.9 Å². The number of carbonyl (C=O) groups excluding carboxylic acids is 2. The van der Waals surface area contributed by atoms with E-state index >= 15 is 0 Å². The highest BCUT2D eigenvalue weighted by molar-refractivity contribution is 5.76. The summed E-state index contributed by atoms with van der Waals surface area (Å²) in [4.78, 5) is 24.6. The fourth-order valence-corrected chi connectivity index (χ4v) is 13.6. The van der Waals surface area contributed by atoms with Gasteiger partial charge in [0, 0.05) is 12.8 Å². The van der Waals surface area contributed by atoms with Crippen LogP contribution >= 0.6 is 0 Å². The second-order valence-electron chi connectivity index (χ2n) is 28.8. The number of amides is 1. The van der Waals surface area contributed by atoms with Gasteiger partial charge in [0.15, 0.2) is 0 Å². The Bertz CT molecular complexity index is 1290. The summed E-state index contributed by atoms with van der Waals surface area (Å²) in [6.45, 7) is 5.02. The molecule has 2 unspecified atom stereocenters. The number of esters is 1. The van der Waals surface area contributed by atoms with Crippen molar-refractivity contribution in [2.45, 2.75) is 501 Å². The van der Waals surface area contributed by atoms with Gasteiger partial charge in [-0.3, -0.25) is 9.59 Å². The Hall–Kier alpha value is -1.14. The van der Waals surface area contributed by atoms with Gasteiger partial charge in [-0.15, -0.1) is 0 Å².